The van der Waals surface area contributed by atoms with Crippen LogP contribution in [0.2, 0.25) is 0 Å². The Kier molecular flexibility index (Phi) is 4.29. The SMILES string of the molecule is Cc1ccc(C(NCC(C)C)C(N)=O)s1. The van der Waals surface area contributed by atoms with E-state index in [0.29, 0.717) is 5.92 Å². The van der Waals surface area contributed by atoms with Crippen LogP contribution in [0.25, 0.3) is 0 Å². The Hall–Kier alpha value is -0.870. The Morgan fingerprint density at radius 2 is 2.20 bits per heavy atom. The Morgan fingerprint density at radius 3 is 2.60 bits per heavy atom. The number of aryl methyl sites for hydroxylation is 1. The molecule has 84 valence electrons. The van der Waals surface area contributed by atoms with E-state index in [-0.39, 0.29) is 11.9 Å². The van der Waals surface area contributed by atoms with E-state index in [1.807, 2.05) is 19.1 Å². The predicted octanol–water partition coefficient (Wildman–Crippen LogP) is 1.83. The van der Waals surface area contributed by atoms with Gasteiger partial charge in [0.1, 0.15) is 6.04 Å². The number of carbonyl (C=O) groups excluding carboxylic acids is 1. The molecule has 0 radical (unpaired) electrons. The molecule has 1 amide bonds. The van der Waals surface area contributed by atoms with Crippen LogP contribution in [-0.2, 0) is 4.79 Å². The van der Waals surface area contributed by atoms with Crippen molar-refractivity contribution < 1.29 is 4.79 Å². The summed E-state index contributed by atoms with van der Waals surface area (Å²) >= 11 is 1.61. The fourth-order valence-electron chi connectivity index (χ4n) is 1.30. The first-order valence-corrected chi connectivity index (χ1v) is 5.91. The molecule has 1 atom stereocenters. The summed E-state index contributed by atoms with van der Waals surface area (Å²) in [6, 6.07) is 3.63. The van der Waals surface area contributed by atoms with Crippen molar-refractivity contribution in [3.05, 3.63) is 21.9 Å². The van der Waals surface area contributed by atoms with Gasteiger partial charge in [-0.15, -0.1) is 11.3 Å². The van der Waals surface area contributed by atoms with Crippen LogP contribution in [0.4, 0.5) is 0 Å². The number of nitrogens with two attached hydrogens (primary N) is 1. The highest BCUT2D eigenvalue weighted by molar-refractivity contribution is 7.12. The van der Waals surface area contributed by atoms with Gasteiger partial charge in [0.25, 0.3) is 0 Å². The highest BCUT2D eigenvalue weighted by Crippen LogP contribution is 2.22. The largest absolute Gasteiger partial charge is 0.368 e. The number of nitrogens with one attached hydrogen (secondary N) is 1. The fraction of sp³-hybridized carbons (Fsp3) is 0.545. The molecule has 0 aliphatic heterocycles. The number of hydrogen-bond donors (Lipinski definition) is 2. The van der Waals surface area contributed by atoms with Crippen LogP contribution >= 0.6 is 11.3 Å². The van der Waals surface area contributed by atoms with Crippen LogP contribution in [0.15, 0.2) is 12.1 Å². The molecular formula is C11H18N2OS. The number of carbonyl (C=O) groups is 1. The molecule has 0 aliphatic carbocycles. The van der Waals surface area contributed by atoms with E-state index in [2.05, 4.69) is 19.2 Å². The molecule has 0 aliphatic rings. The van der Waals surface area contributed by atoms with Crippen molar-refractivity contribution in [3.63, 3.8) is 0 Å². The first-order chi connectivity index (χ1) is 7.00. The van der Waals surface area contributed by atoms with Gasteiger partial charge in [-0.3, -0.25) is 4.79 Å². The molecule has 0 fully saturated rings. The molecule has 15 heavy (non-hydrogen) atoms. The van der Waals surface area contributed by atoms with Crippen molar-refractivity contribution in [1.82, 2.24) is 5.32 Å². The van der Waals surface area contributed by atoms with Crippen molar-refractivity contribution in [2.75, 3.05) is 6.54 Å². The maximum Gasteiger partial charge on any atom is 0.239 e. The van der Waals surface area contributed by atoms with E-state index in [0.717, 1.165) is 11.4 Å². The molecule has 0 saturated heterocycles. The summed E-state index contributed by atoms with van der Waals surface area (Å²) in [4.78, 5) is 13.5. The van der Waals surface area contributed by atoms with Crippen LogP contribution in [0.1, 0.15) is 29.6 Å². The summed E-state index contributed by atoms with van der Waals surface area (Å²) in [5, 5.41) is 3.18. The number of hydrogen-bond acceptors (Lipinski definition) is 3. The molecular weight excluding hydrogens is 208 g/mol. The highest BCUT2D eigenvalue weighted by atomic mass is 32.1. The summed E-state index contributed by atoms with van der Waals surface area (Å²) in [6.07, 6.45) is 0. The standard InChI is InChI=1S/C11H18N2OS/c1-7(2)6-13-10(11(12)14)9-5-4-8(3)15-9/h4-5,7,10,13H,6H2,1-3H3,(H2,12,14). The second-order valence-electron chi connectivity index (χ2n) is 4.09. The van der Waals surface area contributed by atoms with Gasteiger partial charge in [0.05, 0.1) is 0 Å². The minimum Gasteiger partial charge on any atom is -0.368 e. The second kappa shape index (κ2) is 5.28. The van der Waals surface area contributed by atoms with E-state index >= 15 is 0 Å². The molecule has 0 bridgehead atoms. The van der Waals surface area contributed by atoms with E-state index in [9.17, 15) is 4.79 Å². The summed E-state index contributed by atoms with van der Waals surface area (Å²) in [5.41, 5.74) is 5.37. The lowest BCUT2D eigenvalue weighted by atomic mass is 10.2. The molecule has 1 heterocycles. The predicted molar refractivity (Wildman–Crippen MR) is 63.8 cm³/mol. The third kappa shape index (κ3) is 3.64. The molecule has 1 rings (SSSR count). The minimum absolute atomic E-state index is 0.308. The topological polar surface area (TPSA) is 55.1 Å². The average molecular weight is 226 g/mol. The minimum atomic E-state index is -0.342. The van der Waals surface area contributed by atoms with Crippen molar-refractivity contribution in [1.29, 1.82) is 0 Å². The Bertz CT molecular complexity index is 333. The van der Waals surface area contributed by atoms with Crippen LogP contribution < -0.4 is 11.1 Å². The summed E-state index contributed by atoms with van der Waals surface area (Å²) in [5.74, 6) is 0.199. The molecule has 1 unspecified atom stereocenters. The summed E-state index contributed by atoms with van der Waals surface area (Å²) < 4.78 is 0. The number of thiophene rings is 1. The normalized spacial score (nSPS) is 13.1. The van der Waals surface area contributed by atoms with Gasteiger partial charge < -0.3 is 11.1 Å². The third-order valence-electron chi connectivity index (χ3n) is 2.06. The van der Waals surface area contributed by atoms with Gasteiger partial charge >= 0.3 is 0 Å². The lowest BCUT2D eigenvalue weighted by Crippen LogP contribution is -2.35. The van der Waals surface area contributed by atoms with Gasteiger partial charge in [-0.25, -0.2) is 0 Å². The van der Waals surface area contributed by atoms with Crippen molar-refractivity contribution in [2.45, 2.75) is 26.8 Å². The van der Waals surface area contributed by atoms with E-state index in [1.54, 1.807) is 11.3 Å². The molecule has 1 aromatic rings. The van der Waals surface area contributed by atoms with E-state index < -0.39 is 0 Å². The first-order valence-electron chi connectivity index (χ1n) is 5.09. The maximum atomic E-state index is 11.3. The Labute approximate surface area is 94.7 Å². The van der Waals surface area contributed by atoms with Gasteiger partial charge in [-0.1, -0.05) is 13.8 Å². The number of rotatable bonds is 5. The van der Waals surface area contributed by atoms with Gasteiger partial charge in [-0.05, 0) is 31.5 Å². The Morgan fingerprint density at radius 1 is 1.53 bits per heavy atom. The van der Waals surface area contributed by atoms with Gasteiger partial charge in [0, 0.05) is 9.75 Å². The Balaban J connectivity index is 2.70. The first kappa shape index (κ1) is 12.2. The molecule has 0 aromatic carbocycles. The quantitative estimate of drug-likeness (QED) is 0.804. The van der Waals surface area contributed by atoms with E-state index in [4.69, 9.17) is 5.73 Å². The van der Waals surface area contributed by atoms with Gasteiger partial charge in [0.15, 0.2) is 0 Å². The van der Waals surface area contributed by atoms with Crippen molar-refractivity contribution in [3.8, 4) is 0 Å². The maximum absolute atomic E-state index is 11.3. The lowest BCUT2D eigenvalue weighted by Gasteiger charge is -2.15. The fourth-order valence-corrected chi connectivity index (χ4v) is 2.26. The molecule has 3 nitrogen and oxygen atoms in total. The zero-order chi connectivity index (χ0) is 11.4. The number of amides is 1. The summed E-state index contributed by atoms with van der Waals surface area (Å²) in [6.45, 7) is 7.02. The smallest absolute Gasteiger partial charge is 0.239 e. The zero-order valence-electron chi connectivity index (χ0n) is 9.41. The summed E-state index contributed by atoms with van der Waals surface area (Å²) in [7, 11) is 0. The average Bonchev–Trinajstić information content (AvgIpc) is 2.51. The van der Waals surface area contributed by atoms with Crippen LogP contribution in [-0.4, -0.2) is 12.5 Å². The lowest BCUT2D eigenvalue weighted by molar-refractivity contribution is -0.120. The third-order valence-corrected chi connectivity index (χ3v) is 3.13. The van der Waals surface area contributed by atoms with Crippen LogP contribution in [0.3, 0.4) is 0 Å². The molecule has 0 saturated carbocycles. The number of primary amides is 1. The molecule has 4 heteroatoms. The monoisotopic (exact) mass is 226 g/mol. The van der Waals surface area contributed by atoms with E-state index in [1.165, 1.54) is 4.88 Å². The van der Waals surface area contributed by atoms with Crippen LogP contribution in [0, 0.1) is 12.8 Å². The van der Waals surface area contributed by atoms with Crippen molar-refractivity contribution in [2.24, 2.45) is 11.7 Å². The highest BCUT2D eigenvalue weighted by Gasteiger charge is 2.18. The van der Waals surface area contributed by atoms with Crippen LogP contribution in [0.5, 0.6) is 0 Å². The molecule has 3 N–H and O–H groups in total. The van der Waals surface area contributed by atoms with Gasteiger partial charge in [0.2, 0.25) is 5.91 Å². The molecule has 1 aromatic heterocycles. The zero-order valence-corrected chi connectivity index (χ0v) is 10.2. The second-order valence-corrected chi connectivity index (χ2v) is 5.41. The van der Waals surface area contributed by atoms with Crippen molar-refractivity contribution >= 4 is 17.2 Å². The molecule has 0 spiro atoms. The van der Waals surface area contributed by atoms with Gasteiger partial charge in [-0.2, -0.15) is 0 Å².